The van der Waals surface area contributed by atoms with E-state index < -0.39 is 8.07 Å². The first-order valence-corrected chi connectivity index (χ1v) is 23.2. The minimum absolute atomic E-state index is 0. The van der Waals surface area contributed by atoms with Crippen LogP contribution in [-0.4, -0.2) is 22.6 Å². The van der Waals surface area contributed by atoms with Gasteiger partial charge in [-0.3, -0.25) is 4.98 Å². The largest absolute Gasteiger partial charge is 0.500 e. The van der Waals surface area contributed by atoms with Gasteiger partial charge in [0.15, 0.2) is 0 Å². The average molecular weight is 932 g/mol. The predicted molar refractivity (Wildman–Crippen MR) is 236 cm³/mol. The van der Waals surface area contributed by atoms with Gasteiger partial charge in [-0.25, -0.2) is 0 Å². The van der Waals surface area contributed by atoms with Gasteiger partial charge in [0.1, 0.15) is 5.58 Å². The number of imidazole rings is 1. The van der Waals surface area contributed by atoms with E-state index in [0.717, 1.165) is 62.0 Å². The maximum Gasteiger partial charge on any atom is 0.120 e. The van der Waals surface area contributed by atoms with E-state index in [4.69, 9.17) is 9.40 Å². The summed E-state index contributed by atoms with van der Waals surface area (Å²) in [5, 5.41) is 3.69. The Bertz CT molecular complexity index is 2580. The molecule has 4 nitrogen and oxygen atoms in total. The van der Waals surface area contributed by atoms with Crippen LogP contribution in [0.1, 0.15) is 75.6 Å². The number of aromatic nitrogens is 3. The first-order chi connectivity index (χ1) is 26.3. The summed E-state index contributed by atoms with van der Waals surface area (Å²) in [5.41, 5.74) is 13.6. The first kappa shape index (κ1) is 41.0. The van der Waals surface area contributed by atoms with Crippen molar-refractivity contribution in [3.8, 4) is 28.3 Å². The second kappa shape index (κ2) is 16.9. The number of aryl methyl sites for hydroxylation is 1. The van der Waals surface area contributed by atoms with E-state index in [1.54, 1.807) is 0 Å². The summed E-state index contributed by atoms with van der Waals surface area (Å²) in [6.07, 6.45) is 3.24. The third-order valence-electron chi connectivity index (χ3n) is 10.3. The molecule has 6 heteroatoms. The van der Waals surface area contributed by atoms with Crippen molar-refractivity contribution in [1.29, 1.82) is 0 Å². The maximum absolute atomic E-state index is 6.07. The molecule has 0 bridgehead atoms. The summed E-state index contributed by atoms with van der Waals surface area (Å²) in [7, 11) is -1.34. The molecule has 289 valence electrons. The molecule has 0 saturated heterocycles. The Morgan fingerprint density at radius 3 is 2.07 bits per heavy atom. The van der Waals surface area contributed by atoms with Crippen molar-refractivity contribution in [3.05, 3.63) is 144 Å². The third-order valence-corrected chi connectivity index (χ3v) is 12.4. The van der Waals surface area contributed by atoms with Crippen LogP contribution in [0.15, 0.2) is 114 Å². The number of hydrogen-bond acceptors (Lipinski definition) is 3. The SMILES string of the molecule is CC(C)Cc1cc(-c2[c-]cccc2)ncc1[Si](C)(C)C.Cc1cc(C(C)C)c(-n2c(-c3[c-]cc4oc5ccccc5c4c3)nc3ccccc32)c(C(C)C)c1.[Ir]. The van der Waals surface area contributed by atoms with E-state index in [0.29, 0.717) is 17.8 Å². The summed E-state index contributed by atoms with van der Waals surface area (Å²) in [5.74, 6) is 2.33. The number of para-hydroxylation sites is 3. The van der Waals surface area contributed by atoms with Gasteiger partial charge in [0.2, 0.25) is 0 Å². The van der Waals surface area contributed by atoms with Crippen LogP contribution in [0.25, 0.3) is 61.3 Å². The number of fused-ring (bicyclic) bond motifs is 4. The van der Waals surface area contributed by atoms with E-state index in [-0.39, 0.29) is 20.1 Å². The van der Waals surface area contributed by atoms with E-state index in [9.17, 15) is 0 Å². The topological polar surface area (TPSA) is 43.9 Å². The average Bonchev–Trinajstić information content (AvgIpc) is 3.73. The van der Waals surface area contributed by atoms with Crippen molar-refractivity contribution >= 4 is 46.2 Å². The van der Waals surface area contributed by atoms with Gasteiger partial charge in [0.05, 0.1) is 30.5 Å². The molecule has 3 heterocycles. The second-order valence-electron chi connectivity index (χ2n) is 16.9. The van der Waals surface area contributed by atoms with E-state index >= 15 is 0 Å². The zero-order chi connectivity index (χ0) is 39.0. The molecule has 0 unspecified atom stereocenters. The number of hydrogen-bond donors (Lipinski definition) is 0. The summed E-state index contributed by atoms with van der Waals surface area (Å²) in [4.78, 5) is 9.84. The Morgan fingerprint density at radius 2 is 1.41 bits per heavy atom. The van der Waals surface area contributed by atoms with Crippen LogP contribution in [-0.2, 0) is 26.5 Å². The number of benzene rings is 5. The van der Waals surface area contributed by atoms with Gasteiger partial charge in [0.25, 0.3) is 0 Å². The molecule has 0 amide bonds. The molecule has 0 aliphatic carbocycles. The van der Waals surface area contributed by atoms with E-state index in [2.05, 4.69) is 163 Å². The summed E-state index contributed by atoms with van der Waals surface area (Å²) >= 11 is 0. The molecule has 5 aromatic carbocycles. The predicted octanol–water partition coefficient (Wildman–Crippen LogP) is 13.2. The molecule has 0 N–H and O–H groups in total. The third kappa shape index (κ3) is 8.39. The van der Waals surface area contributed by atoms with Crippen LogP contribution in [0.3, 0.4) is 0 Å². The molecule has 0 aliphatic rings. The maximum atomic E-state index is 6.07. The Hall–Kier alpha value is -4.61. The van der Waals surface area contributed by atoms with Crippen LogP contribution < -0.4 is 5.19 Å². The molecule has 3 aromatic heterocycles. The summed E-state index contributed by atoms with van der Waals surface area (Å²) in [6.45, 7) is 23.0. The number of nitrogens with zero attached hydrogens (tertiary/aromatic N) is 3. The summed E-state index contributed by atoms with van der Waals surface area (Å²) in [6, 6.07) is 42.5. The molecule has 0 aliphatic heterocycles. The molecule has 0 spiro atoms. The van der Waals surface area contributed by atoms with Crippen LogP contribution in [0.2, 0.25) is 19.6 Å². The fourth-order valence-corrected chi connectivity index (χ4v) is 9.28. The molecule has 0 atom stereocenters. The Balaban J connectivity index is 0.000000217. The molecule has 0 fully saturated rings. The fourth-order valence-electron chi connectivity index (χ4n) is 7.69. The van der Waals surface area contributed by atoms with Gasteiger partial charge in [-0.2, -0.15) is 0 Å². The standard InChI is InChI=1S/C32H29N2O.C18H24NSi.Ir/c1-19(2)24-16-21(5)17-25(20(3)4)31(24)34-28-12-8-7-11-27(28)33-32(34)22-14-15-30-26(18-22)23-10-6-9-13-29(23)35-30;1-14(2)11-16-12-17(15-9-7-6-8-10-15)19-13-18(16)20(3,4)5;/h6-13,15-20H,1-5H3;6-9,12-14H,11H2,1-5H3;/q2*-1;. The van der Waals surface area contributed by atoms with Gasteiger partial charge in [-0.15, -0.1) is 59.7 Å². The Morgan fingerprint density at radius 1 is 0.732 bits per heavy atom. The van der Waals surface area contributed by atoms with E-state index in [1.165, 1.54) is 33.1 Å². The van der Waals surface area contributed by atoms with Crippen molar-refractivity contribution in [2.75, 3.05) is 0 Å². The van der Waals surface area contributed by atoms with Gasteiger partial charge in [0, 0.05) is 37.4 Å². The minimum Gasteiger partial charge on any atom is -0.500 e. The number of furan rings is 1. The van der Waals surface area contributed by atoms with Crippen LogP contribution >= 0.6 is 0 Å². The van der Waals surface area contributed by atoms with Gasteiger partial charge in [-0.05, 0) is 71.3 Å². The smallest absolute Gasteiger partial charge is 0.120 e. The summed E-state index contributed by atoms with van der Waals surface area (Å²) < 4.78 is 8.43. The molecule has 56 heavy (non-hydrogen) atoms. The van der Waals surface area contributed by atoms with Crippen molar-refractivity contribution in [2.24, 2.45) is 5.92 Å². The molecular weight excluding hydrogens is 879 g/mol. The van der Waals surface area contributed by atoms with Crippen molar-refractivity contribution < 1.29 is 24.5 Å². The second-order valence-corrected chi connectivity index (χ2v) is 22.0. The van der Waals surface area contributed by atoms with Crippen LogP contribution in [0, 0.1) is 25.0 Å². The van der Waals surface area contributed by atoms with E-state index in [1.807, 2.05) is 36.4 Å². The number of rotatable bonds is 8. The normalized spacial score (nSPS) is 11.8. The minimum atomic E-state index is -1.34. The molecule has 8 aromatic rings. The van der Waals surface area contributed by atoms with Crippen molar-refractivity contribution in [1.82, 2.24) is 14.5 Å². The van der Waals surface area contributed by atoms with Crippen LogP contribution in [0.5, 0.6) is 0 Å². The molecular formula is C50H53IrN3OSi-2. The zero-order valence-electron chi connectivity index (χ0n) is 34.4. The van der Waals surface area contributed by atoms with Gasteiger partial charge < -0.3 is 14.0 Å². The molecule has 1 radical (unpaired) electrons. The Labute approximate surface area is 347 Å². The van der Waals surface area contributed by atoms with Crippen molar-refractivity contribution in [2.45, 2.75) is 86.4 Å². The Kier molecular flexibility index (Phi) is 12.4. The first-order valence-electron chi connectivity index (χ1n) is 19.7. The zero-order valence-corrected chi connectivity index (χ0v) is 37.8. The van der Waals surface area contributed by atoms with Crippen molar-refractivity contribution in [3.63, 3.8) is 0 Å². The molecule has 8 rings (SSSR count). The van der Waals surface area contributed by atoms with Gasteiger partial charge >= 0.3 is 0 Å². The fraction of sp³-hybridized carbons (Fsp3) is 0.280. The number of pyridine rings is 1. The monoisotopic (exact) mass is 932 g/mol. The quantitative estimate of drug-likeness (QED) is 0.113. The van der Waals surface area contributed by atoms with Gasteiger partial charge in [-0.1, -0.05) is 126 Å². The molecule has 0 saturated carbocycles. The van der Waals surface area contributed by atoms with Crippen LogP contribution in [0.4, 0.5) is 0 Å².